The zero-order chi connectivity index (χ0) is 12.6. The highest BCUT2D eigenvalue weighted by molar-refractivity contribution is 6.25. The smallest absolute Gasteiger partial charge is 0.213 e. The maximum Gasteiger partial charge on any atom is 0.213 e. The number of rotatable bonds is 3. The molecule has 0 spiro atoms. The SMILES string of the molecule is CC1=C(NCCCl)C(=O)c2cnn(C)c2C1=O. The zero-order valence-corrected chi connectivity index (χ0v) is 10.3. The highest BCUT2D eigenvalue weighted by Gasteiger charge is 2.32. The van der Waals surface area contributed by atoms with Gasteiger partial charge in [-0.15, -0.1) is 11.6 Å². The normalized spacial score (nSPS) is 15.2. The Bertz CT molecular complexity index is 531. The van der Waals surface area contributed by atoms with Crippen LogP contribution in [0.25, 0.3) is 0 Å². The summed E-state index contributed by atoms with van der Waals surface area (Å²) < 4.78 is 1.43. The maximum atomic E-state index is 12.1. The predicted octanol–water partition coefficient (Wildman–Crippen LogP) is 0.901. The molecule has 0 unspecified atom stereocenters. The summed E-state index contributed by atoms with van der Waals surface area (Å²) in [5.74, 6) is 0.00463. The molecule has 5 nitrogen and oxygen atoms in total. The van der Waals surface area contributed by atoms with Crippen molar-refractivity contribution in [1.29, 1.82) is 0 Å². The number of aryl methyl sites for hydroxylation is 1. The van der Waals surface area contributed by atoms with Gasteiger partial charge in [0.05, 0.1) is 17.5 Å². The molecule has 90 valence electrons. The van der Waals surface area contributed by atoms with Crippen molar-refractivity contribution in [1.82, 2.24) is 15.1 Å². The molecule has 0 radical (unpaired) electrons. The first-order valence-electron chi connectivity index (χ1n) is 5.20. The third kappa shape index (κ3) is 1.76. The van der Waals surface area contributed by atoms with Crippen LogP contribution >= 0.6 is 11.6 Å². The zero-order valence-electron chi connectivity index (χ0n) is 9.58. The molecule has 0 aromatic carbocycles. The number of nitrogens with zero attached hydrogens (tertiary/aromatic N) is 2. The van der Waals surface area contributed by atoms with Gasteiger partial charge in [-0.25, -0.2) is 0 Å². The molecule has 0 saturated heterocycles. The number of carbonyl (C=O) groups excluding carboxylic acids is 2. The predicted molar refractivity (Wildman–Crippen MR) is 63.3 cm³/mol. The van der Waals surface area contributed by atoms with E-state index >= 15 is 0 Å². The van der Waals surface area contributed by atoms with Gasteiger partial charge in [0, 0.05) is 25.0 Å². The molecule has 0 fully saturated rings. The minimum atomic E-state index is -0.199. The molecule has 0 amide bonds. The quantitative estimate of drug-likeness (QED) is 0.813. The number of ketones is 2. The molecule has 0 bridgehead atoms. The summed E-state index contributed by atoms with van der Waals surface area (Å²) in [6.07, 6.45) is 1.42. The van der Waals surface area contributed by atoms with E-state index in [4.69, 9.17) is 11.6 Å². The minimum absolute atomic E-state index is 0.170. The number of carbonyl (C=O) groups is 2. The number of aromatic nitrogens is 2. The van der Waals surface area contributed by atoms with Gasteiger partial charge in [-0.2, -0.15) is 5.10 Å². The summed E-state index contributed by atoms with van der Waals surface area (Å²) in [6, 6.07) is 0. The van der Waals surface area contributed by atoms with E-state index in [0.717, 1.165) is 0 Å². The summed E-state index contributed by atoms with van der Waals surface area (Å²) >= 11 is 5.56. The van der Waals surface area contributed by atoms with Crippen LogP contribution < -0.4 is 5.32 Å². The van der Waals surface area contributed by atoms with Gasteiger partial charge in [0.25, 0.3) is 0 Å². The van der Waals surface area contributed by atoms with Crippen molar-refractivity contribution < 1.29 is 9.59 Å². The van der Waals surface area contributed by atoms with Crippen LogP contribution in [0, 0.1) is 0 Å². The fraction of sp³-hybridized carbons (Fsp3) is 0.364. The molecular weight excluding hydrogens is 242 g/mol. The molecular formula is C11H12ClN3O2. The molecule has 2 rings (SSSR count). The van der Waals surface area contributed by atoms with Gasteiger partial charge in [-0.1, -0.05) is 0 Å². The molecule has 0 atom stereocenters. The maximum absolute atomic E-state index is 12.1. The van der Waals surface area contributed by atoms with E-state index in [-0.39, 0.29) is 11.6 Å². The first-order chi connectivity index (χ1) is 8.07. The molecule has 1 N–H and O–H groups in total. The number of hydrogen-bond donors (Lipinski definition) is 1. The van der Waals surface area contributed by atoms with E-state index in [1.165, 1.54) is 10.9 Å². The lowest BCUT2D eigenvalue weighted by atomic mass is 9.93. The van der Waals surface area contributed by atoms with Crippen molar-refractivity contribution in [3.63, 3.8) is 0 Å². The summed E-state index contributed by atoms with van der Waals surface area (Å²) in [5.41, 5.74) is 1.44. The number of alkyl halides is 1. The largest absolute Gasteiger partial charge is 0.380 e. The van der Waals surface area contributed by atoms with Crippen LogP contribution in [0.3, 0.4) is 0 Å². The van der Waals surface area contributed by atoms with Crippen molar-refractivity contribution in [2.24, 2.45) is 7.05 Å². The Hall–Kier alpha value is -1.62. The molecule has 1 aromatic rings. The first-order valence-corrected chi connectivity index (χ1v) is 5.73. The number of fused-ring (bicyclic) bond motifs is 1. The van der Waals surface area contributed by atoms with Gasteiger partial charge < -0.3 is 5.32 Å². The van der Waals surface area contributed by atoms with Crippen molar-refractivity contribution >= 4 is 23.2 Å². The van der Waals surface area contributed by atoms with E-state index in [1.54, 1.807) is 14.0 Å². The number of nitrogens with one attached hydrogen (secondary N) is 1. The van der Waals surface area contributed by atoms with Crippen molar-refractivity contribution in [3.8, 4) is 0 Å². The van der Waals surface area contributed by atoms with Crippen molar-refractivity contribution in [3.05, 3.63) is 28.7 Å². The minimum Gasteiger partial charge on any atom is -0.380 e. The van der Waals surface area contributed by atoms with E-state index in [2.05, 4.69) is 10.4 Å². The number of hydrogen-bond acceptors (Lipinski definition) is 4. The second-order valence-corrected chi connectivity index (χ2v) is 4.18. The molecule has 1 heterocycles. The molecule has 0 saturated carbocycles. The summed E-state index contributed by atoms with van der Waals surface area (Å²) in [6.45, 7) is 2.08. The number of allylic oxidation sites excluding steroid dienone is 2. The van der Waals surface area contributed by atoms with E-state index in [1.807, 2.05) is 0 Å². The summed E-state index contributed by atoms with van der Waals surface area (Å²) in [7, 11) is 1.65. The Morgan fingerprint density at radius 2 is 2.12 bits per heavy atom. The van der Waals surface area contributed by atoms with E-state index < -0.39 is 0 Å². The molecule has 0 aliphatic heterocycles. The Morgan fingerprint density at radius 3 is 2.76 bits per heavy atom. The highest BCUT2D eigenvalue weighted by atomic mass is 35.5. The van der Waals surface area contributed by atoms with Gasteiger partial charge >= 0.3 is 0 Å². The van der Waals surface area contributed by atoms with Crippen LogP contribution in [0.5, 0.6) is 0 Å². The van der Waals surface area contributed by atoms with Crippen LogP contribution in [0.2, 0.25) is 0 Å². The Kier molecular flexibility index (Phi) is 3.02. The van der Waals surface area contributed by atoms with Crippen LogP contribution in [0.1, 0.15) is 27.8 Å². The highest BCUT2D eigenvalue weighted by Crippen LogP contribution is 2.24. The summed E-state index contributed by atoms with van der Waals surface area (Å²) in [5, 5.41) is 6.83. The van der Waals surface area contributed by atoms with Gasteiger partial charge in [0.15, 0.2) is 0 Å². The lowest BCUT2D eigenvalue weighted by Crippen LogP contribution is -2.31. The van der Waals surface area contributed by atoms with E-state index in [0.29, 0.717) is 35.0 Å². The Balaban J connectivity index is 2.47. The van der Waals surface area contributed by atoms with Crippen LogP contribution in [-0.4, -0.2) is 33.8 Å². The van der Waals surface area contributed by atoms with Crippen LogP contribution in [-0.2, 0) is 7.05 Å². The third-order valence-electron chi connectivity index (χ3n) is 2.74. The third-order valence-corrected chi connectivity index (χ3v) is 2.93. The number of halogens is 1. The van der Waals surface area contributed by atoms with Gasteiger partial charge in [-0.3, -0.25) is 14.3 Å². The van der Waals surface area contributed by atoms with Gasteiger partial charge in [0.2, 0.25) is 11.6 Å². The van der Waals surface area contributed by atoms with Crippen molar-refractivity contribution in [2.75, 3.05) is 12.4 Å². The second-order valence-electron chi connectivity index (χ2n) is 3.80. The van der Waals surface area contributed by atoms with Crippen LogP contribution in [0.4, 0.5) is 0 Å². The summed E-state index contributed by atoms with van der Waals surface area (Å²) in [4.78, 5) is 24.2. The molecule has 1 aliphatic carbocycles. The molecule has 1 aromatic heterocycles. The van der Waals surface area contributed by atoms with Gasteiger partial charge in [-0.05, 0) is 6.92 Å². The lowest BCUT2D eigenvalue weighted by molar-refractivity contribution is 0.0964. The standard InChI is InChI=1S/C11H12ClN3O2/c1-6-8(13-4-3-12)11(17)7-5-14-15(2)9(7)10(6)16/h5,13H,3-4H2,1-2H3. The fourth-order valence-electron chi connectivity index (χ4n) is 1.85. The molecule has 17 heavy (non-hydrogen) atoms. The second kappa shape index (κ2) is 4.33. The molecule has 1 aliphatic rings. The first kappa shape index (κ1) is 11.9. The van der Waals surface area contributed by atoms with E-state index in [9.17, 15) is 9.59 Å². The monoisotopic (exact) mass is 253 g/mol. The lowest BCUT2D eigenvalue weighted by Gasteiger charge is -2.17. The Labute approximate surface area is 103 Å². The fourth-order valence-corrected chi connectivity index (χ4v) is 1.95. The number of Topliss-reactive ketones (excluding diaryl/α,β-unsaturated/α-hetero) is 2. The molecule has 6 heteroatoms. The van der Waals surface area contributed by atoms with Gasteiger partial charge in [0.1, 0.15) is 5.69 Å². The average molecular weight is 254 g/mol. The van der Waals surface area contributed by atoms with Crippen molar-refractivity contribution in [2.45, 2.75) is 6.92 Å². The average Bonchev–Trinajstić information content (AvgIpc) is 2.69. The van der Waals surface area contributed by atoms with Crippen LogP contribution in [0.15, 0.2) is 17.5 Å². The topological polar surface area (TPSA) is 64.0 Å². The Morgan fingerprint density at radius 1 is 1.41 bits per heavy atom.